The lowest BCUT2D eigenvalue weighted by Crippen LogP contribution is -1.94. The van der Waals surface area contributed by atoms with Crippen LogP contribution in [0.1, 0.15) is 10.4 Å². The van der Waals surface area contributed by atoms with Gasteiger partial charge in [-0.15, -0.1) is 11.3 Å². The number of carbonyl (C=O) groups is 1. The van der Waals surface area contributed by atoms with Gasteiger partial charge in [-0.25, -0.2) is 9.97 Å². The molecule has 0 aliphatic heterocycles. The largest absolute Gasteiger partial charge is 0.493 e. The summed E-state index contributed by atoms with van der Waals surface area (Å²) in [6.45, 7) is 0. The Hall–Kier alpha value is -2.47. The van der Waals surface area contributed by atoms with Crippen LogP contribution in [-0.2, 0) is 0 Å². The molecule has 0 fully saturated rings. The van der Waals surface area contributed by atoms with Crippen LogP contribution in [0, 0.1) is 0 Å². The number of aromatic nitrogens is 2. The molecule has 0 amide bonds. The molecule has 6 heteroatoms. The molecule has 100 valence electrons. The first kappa shape index (κ1) is 12.6. The molecule has 0 aliphatic carbocycles. The molecule has 20 heavy (non-hydrogen) atoms. The van der Waals surface area contributed by atoms with E-state index < -0.39 is 0 Å². The van der Waals surface area contributed by atoms with E-state index in [-0.39, 0.29) is 0 Å². The summed E-state index contributed by atoms with van der Waals surface area (Å²) in [4.78, 5) is 19.1. The van der Waals surface area contributed by atoms with Crippen molar-refractivity contribution in [1.29, 1.82) is 0 Å². The van der Waals surface area contributed by atoms with Gasteiger partial charge in [-0.05, 0) is 29.6 Å². The Bertz CT molecular complexity index is 770. The summed E-state index contributed by atoms with van der Waals surface area (Å²) in [6.07, 6.45) is 2.21. The standard InChI is InChI=1S/C14H10N2O3S/c1-18-12-6-9(7-17)2-3-11(12)19-14-13-10(4-5-20-13)15-8-16-14/h2-8H,1H3. The lowest BCUT2D eigenvalue weighted by atomic mass is 10.2. The van der Waals surface area contributed by atoms with Gasteiger partial charge in [-0.1, -0.05) is 0 Å². The van der Waals surface area contributed by atoms with Crippen molar-refractivity contribution in [2.45, 2.75) is 0 Å². The van der Waals surface area contributed by atoms with Gasteiger partial charge in [0.15, 0.2) is 11.5 Å². The summed E-state index contributed by atoms with van der Waals surface area (Å²) >= 11 is 1.51. The SMILES string of the molecule is COc1cc(C=O)ccc1Oc1ncnc2ccsc12. The van der Waals surface area contributed by atoms with Crippen molar-refractivity contribution in [3.8, 4) is 17.4 Å². The van der Waals surface area contributed by atoms with E-state index in [1.807, 2.05) is 11.4 Å². The predicted molar refractivity (Wildman–Crippen MR) is 75.9 cm³/mol. The highest BCUT2D eigenvalue weighted by Crippen LogP contribution is 2.35. The van der Waals surface area contributed by atoms with E-state index >= 15 is 0 Å². The minimum Gasteiger partial charge on any atom is -0.493 e. The maximum Gasteiger partial charge on any atom is 0.240 e. The van der Waals surface area contributed by atoms with Crippen molar-refractivity contribution >= 4 is 27.8 Å². The summed E-state index contributed by atoms with van der Waals surface area (Å²) in [7, 11) is 1.53. The van der Waals surface area contributed by atoms with Gasteiger partial charge in [0.05, 0.1) is 12.6 Å². The van der Waals surface area contributed by atoms with Crippen LogP contribution in [0.4, 0.5) is 0 Å². The van der Waals surface area contributed by atoms with Crippen LogP contribution in [0.25, 0.3) is 10.2 Å². The average molecular weight is 286 g/mol. The second-order valence-electron chi connectivity index (χ2n) is 3.94. The fraction of sp³-hybridized carbons (Fsp3) is 0.0714. The lowest BCUT2D eigenvalue weighted by Gasteiger charge is -2.10. The van der Waals surface area contributed by atoms with Crippen molar-refractivity contribution in [2.75, 3.05) is 7.11 Å². The monoisotopic (exact) mass is 286 g/mol. The number of thiophene rings is 1. The van der Waals surface area contributed by atoms with Crippen LogP contribution in [0.3, 0.4) is 0 Å². The number of aldehydes is 1. The first-order valence-corrected chi connectivity index (χ1v) is 6.69. The van der Waals surface area contributed by atoms with Gasteiger partial charge in [-0.2, -0.15) is 0 Å². The summed E-state index contributed by atoms with van der Waals surface area (Å²) in [5.41, 5.74) is 1.36. The van der Waals surface area contributed by atoms with Gasteiger partial charge in [0, 0.05) is 5.56 Å². The Morgan fingerprint density at radius 3 is 2.90 bits per heavy atom. The van der Waals surface area contributed by atoms with Gasteiger partial charge in [-0.3, -0.25) is 4.79 Å². The van der Waals surface area contributed by atoms with E-state index in [2.05, 4.69) is 9.97 Å². The normalized spacial score (nSPS) is 10.4. The zero-order valence-electron chi connectivity index (χ0n) is 10.6. The number of carbonyl (C=O) groups excluding carboxylic acids is 1. The summed E-state index contributed by atoms with van der Waals surface area (Å²) < 4.78 is 11.9. The molecule has 0 atom stereocenters. The van der Waals surface area contributed by atoms with E-state index in [9.17, 15) is 4.79 Å². The number of hydrogen-bond donors (Lipinski definition) is 0. The molecule has 0 saturated heterocycles. The Morgan fingerprint density at radius 2 is 2.10 bits per heavy atom. The number of hydrogen-bond acceptors (Lipinski definition) is 6. The molecule has 0 aliphatic rings. The van der Waals surface area contributed by atoms with E-state index in [0.717, 1.165) is 16.5 Å². The first-order chi connectivity index (χ1) is 9.81. The highest BCUT2D eigenvalue weighted by atomic mass is 32.1. The second-order valence-corrected chi connectivity index (χ2v) is 4.86. The highest BCUT2D eigenvalue weighted by Gasteiger charge is 2.11. The number of benzene rings is 1. The third-order valence-electron chi connectivity index (χ3n) is 2.74. The molecular formula is C14H10N2O3S. The molecule has 2 aromatic heterocycles. The Kier molecular flexibility index (Phi) is 3.30. The first-order valence-electron chi connectivity index (χ1n) is 5.81. The van der Waals surface area contributed by atoms with E-state index in [1.54, 1.807) is 18.2 Å². The molecule has 5 nitrogen and oxygen atoms in total. The third-order valence-corrected chi connectivity index (χ3v) is 3.63. The maximum atomic E-state index is 10.8. The Labute approximate surface area is 118 Å². The summed E-state index contributed by atoms with van der Waals surface area (Å²) in [5, 5.41) is 1.93. The van der Waals surface area contributed by atoms with Crippen LogP contribution in [-0.4, -0.2) is 23.4 Å². The molecular weight excluding hydrogens is 276 g/mol. The van der Waals surface area contributed by atoms with Crippen LogP contribution < -0.4 is 9.47 Å². The van der Waals surface area contributed by atoms with Gasteiger partial charge in [0.25, 0.3) is 0 Å². The highest BCUT2D eigenvalue weighted by molar-refractivity contribution is 7.17. The average Bonchev–Trinajstić information content (AvgIpc) is 2.97. The number of methoxy groups -OCH3 is 1. The van der Waals surface area contributed by atoms with Crippen LogP contribution >= 0.6 is 11.3 Å². The van der Waals surface area contributed by atoms with Gasteiger partial charge < -0.3 is 9.47 Å². The third kappa shape index (κ3) is 2.21. The minimum absolute atomic E-state index is 0.474. The number of rotatable bonds is 4. The fourth-order valence-electron chi connectivity index (χ4n) is 1.78. The molecule has 1 aromatic carbocycles. The van der Waals surface area contributed by atoms with Crippen LogP contribution in [0.15, 0.2) is 36.0 Å². The smallest absolute Gasteiger partial charge is 0.240 e. The Balaban J connectivity index is 2.02. The Morgan fingerprint density at radius 1 is 1.20 bits per heavy atom. The molecule has 0 spiro atoms. The number of ether oxygens (including phenoxy) is 2. The lowest BCUT2D eigenvalue weighted by molar-refractivity contribution is 0.112. The van der Waals surface area contributed by atoms with E-state index in [1.165, 1.54) is 24.8 Å². The molecule has 0 N–H and O–H groups in total. The maximum absolute atomic E-state index is 10.8. The van der Waals surface area contributed by atoms with Crippen LogP contribution in [0.5, 0.6) is 17.4 Å². The van der Waals surface area contributed by atoms with Gasteiger partial charge >= 0.3 is 0 Å². The van der Waals surface area contributed by atoms with Crippen LogP contribution in [0.2, 0.25) is 0 Å². The fourth-order valence-corrected chi connectivity index (χ4v) is 2.55. The summed E-state index contributed by atoms with van der Waals surface area (Å²) in [5.74, 6) is 1.46. The van der Waals surface area contributed by atoms with Crippen molar-refractivity contribution in [3.05, 3.63) is 41.5 Å². The van der Waals surface area contributed by atoms with Gasteiger partial charge in [0.2, 0.25) is 5.88 Å². The number of fused-ring (bicyclic) bond motifs is 1. The second kappa shape index (κ2) is 5.26. The minimum atomic E-state index is 0.474. The molecule has 2 heterocycles. The predicted octanol–water partition coefficient (Wildman–Crippen LogP) is 3.30. The molecule has 0 radical (unpaired) electrons. The zero-order chi connectivity index (χ0) is 13.9. The van der Waals surface area contributed by atoms with Crippen molar-refractivity contribution in [2.24, 2.45) is 0 Å². The molecule has 3 rings (SSSR count). The zero-order valence-corrected chi connectivity index (χ0v) is 11.4. The molecule has 0 saturated carbocycles. The molecule has 0 unspecified atom stereocenters. The number of nitrogens with zero attached hydrogens (tertiary/aromatic N) is 2. The van der Waals surface area contributed by atoms with Gasteiger partial charge in [0.1, 0.15) is 17.3 Å². The van der Waals surface area contributed by atoms with E-state index in [4.69, 9.17) is 9.47 Å². The van der Waals surface area contributed by atoms with Crippen molar-refractivity contribution < 1.29 is 14.3 Å². The molecule has 3 aromatic rings. The van der Waals surface area contributed by atoms with Crippen molar-refractivity contribution in [1.82, 2.24) is 9.97 Å². The summed E-state index contributed by atoms with van der Waals surface area (Å²) in [6, 6.07) is 6.87. The van der Waals surface area contributed by atoms with E-state index in [0.29, 0.717) is 22.9 Å². The quantitative estimate of drug-likeness (QED) is 0.689. The molecule has 0 bridgehead atoms. The topological polar surface area (TPSA) is 61.3 Å². The van der Waals surface area contributed by atoms with Crippen molar-refractivity contribution in [3.63, 3.8) is 0 Å².